The van der Waals surface area contributed by atoms with Gasteiger partial charge in [0.25, 0.3) is 0 Å². The summed E-state index contributed by atoms with van der Waals surface area (Å²) in [4.78, 5) is 4.45. The molecule has 0 saturated carbocycles. The predicted molar refractivity (Wildman–Crippen MR) is 71.6 cm³/mol. The molecule has 0 radical (unpaired) electrons. The number of guanidine groups is 1. The number of unbranched alkanes of at least 4 members (excludes halogenated alkanes) is 1. The van der Waals surface area contributed by atoms with Crippen molar-refractivity contribution in [3.05, 3.63) is 0 Å². The van der Waals surface area contributed by atoms with Crippen LogP contribution < -0.4 is 10.6 Å². The summed E-state index contributed by atoms with van der Waals surface area (Å²) in [6, 6.07) is 0. The maximum atomic E-state index is 5.36. The molecule has 0 heterocycles. The van der Waals surface area contributed by atoms with Crippen molar-refractivity contribution >= 4 is 5.96 Å². The standard InChI is InChI=1S/C12H27N3O2/c1-4-6-7-14-12(13-5-2)15-8-9-17-11-10-16-3/h4-11H2,1-3H3,(H2,13,14,15). The van der Waals surface area contributed by atoms with Gasteiger partial charge in [0.2, 0.25) is 0 Å². The van der Waals surface area contributed by atoms with E-state index in [9.17, 15) is 0 Å². The highest BCUT2D eigenvalue weighted by Gasteiger charge is 1.95. The van der Waals surface area contributed by atoms with Crippen molar-refractivity contribution in [1.82, 2.24) is 10.6 Å². The first kappa shape index (κ1) is 16.2. The summed E-state index contributed by atoms with van der Waals surface area (Å²) >= 11 is 0. The van der Waals surface area contributed by atoms with Crippen LogP contribution >= 0.6 is 0 Å². The monoisotopic (exact) mass is 245 g/mol. The summed E-state index contributed by atoms with van der Waals surface area (Å²) in [5.74, 6) is 0.872. The minimum Gasteiger partial charge on any atom is -0.382 e. The number of aliphatic imine (C=N–C) groups is 1. The van der Waals surface area contributed by atoms with Crippen molar-refractivity contribution in [2.45, 2.75) is 26.7 Å². The van der Waals surface area contributed by atoms with E-state index in [1.54, 1.807) is 7.11 Å². The molecule has 102 valence electrons. The molecule has 5 nitrogen and oxygen atoms in total. The highest BCUT2D eigenvalue weighted by molar-refractivity contribution is 5.79. The Balaban J connectivity index is 3.58. The molecule has 0 aromatic heterocycles. The van der Waals surface area contributed by atoms with Gasteiger partial charge in [0.1, 0.15) is 0 Å². The first-order valence-electron chi connectivity index (χ1n) is 6.44. The Morgan fingerprint density at radius 3 is 2.59 bits per heavy atom. The zero-order valence-electron chi connectivity index (χ0n) is 11.4. The van der Waals surface area contributed by atoms with Crippen LogP contribution in [-0.4, -0.2) is 52.5 Å². The summed E-state index contributed by atoms with van der Waals surface area (Å²) in [5.41, 5.74) is 0. The molecule has 0 atom stereocenters. The minimum atomic E-state index is 0.641. The zero-order chi connectivity index (χ0) is 12.8. The topological polar surface area (TPSA) is 54.9 Å². The van der Waals surface area contributed by atoms with Crippen molar-refractivity contribution in [1.29, 1.82) is 0 Å². The Bertz CT molecular complexity index is 187. The Morgan fingerprint density at radius 1 is 1.12 bits per heavy atom. The number of rotatable bonds is 10. The minimum absolute atomic E-state index is 0.641. The van der Waals surface area contributed by atoms with Gasteiger partial charge in [-0.05, 0) is 13.3 Å². The normalized spacial score (nSPS) is 11.6. The molecule has 0 aliphatic heterocycles. The molecule has 2 N–H and O–H groups in total. The van der Waals surface area contributed by atoms with Gasteiger partial charge in [0.15, 0.2) is 5.96 Å². The average molecular weight is 245 g/mol. The highest BCUT2D eigenvalue weighted by Crippen LogP contribution is 1.86. The number of methoxy groups -OCH3 is 1. The number of hydrogen-bond acceptors (Lipinski definition) is 3. The Kier molecular flexibility index (Phi) is 12.6. The van der Waals surface area contributed by atoms with Gasteiger partial charge in [-0.3, -0.25) is 4.99 Å². The lowest BCUT2D eigenvalue weighted by molar-refractivity contribution is 0.0733. The molecule has 0 aliphatic rings. The molecule has 0 amide bonds. The van der Waals surface area contributed by atoms with Gasteiger partial charge in [-0.2, -0.15) is 0 Å². The summed E-state index contributed by atoms with van der Waals surface area (Å²) in [7, 11) is 1.67. The van der Waals surface area contributed by atoms with E-state index in [1.807, 2.05) is 0 Å². The van der Waals surface area contributed by atoms with Crippen molar-refractivity contribution in [2.24, 2.45) is 4.99 Å². The Morgan fingerprint density at radius 2 is 1.94 bits per heavy atom. The van der Waals surface area contributed by atoms with Crippen LogP contribution in [0.3, 0.4) is 0 Å². The van der Waals surface area contributed by atoms with Crippen LogP contribution in [0.4, 0.5) is 0 Å². The third kappa shape index (κ3) is 11.5. The van der Waals surface area contributed by atoms with Crippen LogP contribution in [0.15, 0.2) is 4.99 Å². The van der Waals surface area contributed by atoms with Crippen LogP contribution in [0.1, 0.15) is 26.7 Å². The molecule has 0 aliphatic carbocycles. The van der Waals surface area contributed by atoms with Gasteiger partial charge >= 0.3 is 0 Å². The second kappa shape index (κ2) is 13.3. The van der Waals surface area contributed by atoms with E-state index in [0.717, 1.165) is 32.0 Å². The Hall–Kier alpha value is -0.810. The second-order valence-electron chi connectivity index (χ2n) is 3.65. The van der Waals surface area contributed by atoms with Crippen LogP contribution in [0.5, 0.6) is 0 Å². The average Bonchev–Trinajstić information content (AvgIpc) is 2.34. The zero-order valence-corrected chi connectivity index (χ0v) is 11.4. The Labute approximate surface area is 105 Å². The van der Waals surface area contributed by atoms with E-state index in [0.29, 0.717) is 19.8 Å². The first-order chi connectivity index (χ1) is 8.35. The molecule has 0 spiro atoms. The van der Waals surface area contributed by atoms with Gasteiger partial charge in [-0.25, -0.2) is 0 Å². The van der Waals surface area contributed by atoms with Crippen molar-refractivity contribution in [2.75, 3.05) is 46.6 Å². The van der Waals surface area contributed by atoms with Crippen LogP contribution in [0.2, 0.25) is 0 Å². The largest absolute Gasteiger partial charge is 0.382 e. The number of ether oxygens (including phenoxy) is 2. The highest BCUT2D eigenvalue weighted by atomic mass is 16.5. The molecule has 0 fully saturated rings. The quantitative estimate of drug-likeness (QED) is 0.342. The molecular formula is C12H27N3O2. The maximum Gasteiger partial charge on any atom is 0.191 e. The summed E-state index contributed by atoms with van der Waals surface area (Å²) in [5, 5.41) is 6.43. The lowest BCUT2D eigenvalue weighted by Gasteiger charge is -2.11. The van der Waals surface area contributed by atoms with E-state index in [2.05, 4.69) is 29.5 Å². The van der Waals surface area contributed by atoms with Gasteiger partial charge in [-0.1, -0.05) is 13.3 Å². The van der Waals surface area contributed by atoms with Gasteiger partial charge in [0.05, 0.1) is 19.8 Å². The third-order valence-corrected chi connectivity index (χ3v) is 2.10. The van der Waals surface area contributed by atoms with Crippen molar-refractivity contribution in [3.8, 4) is 0 Å². The van der Waals surface area contributed by atoms with E-state index in [4.69, 9.17) is 9.47 Å². The van der Waals surface area contributed by atoms with Crippen molar-refractivity contribution in [3.63, 3.8) is 0 Å². The van der Waals surface area contributed by atoms with E-state index >= 15 is 0 Å². The van der Waals surface area contributed by atoms with Gasteiger partial charge < -0.3 is 20.1 Å². The van der Waals surface area contributed by atoms with Gasteiger partial charge in [-0.15, -0.1) is 0 Å². The lowest BCUT2D eigenvalue weighted by Crippen LogP contribution is -2.39. The van der Waals surface area contributed by atoms with Crippen LogP contribution in [0, 0.1) is 0 Å². The molecule has 5 heteroatoms. The molecular weight excluding hydrogens is 218 g/mol. The molecule has 0 aromatic carbocycles. The fraction of sp³-hybridized carbons (Fsp3) is 0.917. The molecule has 0 rings (SSSR count). The molecule has 0 unspecified atom stereocenters. The fourth-order valence-electron chi connectivity index (χ4n) is 1.18. The van der Waals surface area contributed by atoms with Gasteiger partial charge in [0, 0.05) is 26.7 Å². The first-order valence-corrected chi connectivity index (χ1v) is 6.44. The number of hydrogen-bond donors (Lipinski definition) is 2. The predicted octanol–water partition coefficient (Wildman–Crippen LogP) is 1.00. The number of nitrogens with zero attached hydrogens (tertiary/aromatic N) is 1. The smallest absolute Gasteiger partial charge is 0.191 e. The fourth-order valence-corrected chi connectivity index (χ4v) is 1.18. The number of nitrogens with one attached hydrogen (secondary N) is 2. The third-order valence-electron chi connectivity index (χ3n) is 2.10. The summed E-state index contributed by atoms with van der Waals surface area (Å²) in [6.07, 6.45) is 2.30. The molecule has 0 aromatic rings. The molecule has 17 heavy (non-hydrogen) atoms. The summed E-state index contributed by atoms with van der Waals surface area (Å²) < 4.78 is 10.2. The van der Waals surface area contributed by atoms with E-state index in [1.165, 1.54) is 6.42 Å². The second-order valence-corrected chi connectivity index (χ2v) is 3.65. The molecule has 0 saturated heterocycles. The maximum absolute atomic E-state index is 5.36. The van der Waals surface area contributed by atoms with Crippen LogP contribution in [-0.2, 0) is 9.47 Å². The van der Waals surface area contributed by atoms with E-state index < -0.39 is 0 Å². The SMILES string of the molecule is CCCCN=C(NCC)NCCOCCOC. The van der Waals surface area contributed by atoms with Crippen molar-refractivity contribution < 1.29 is 9.47 Å². The summed E-state index contributed by atoms with van der Waals surface area (Å²) in [6.45, 7) is 8.69. The lowest BCUT2D eigenvalue weighted by atomic mass is 10.3. The van der Waals surface area contributed by atoms with Crippen LogP contribution in [0.25, 0.3) is 0 Å². The van der Waals surface area contributed by atoms with E-state index in [-0.39, 0.29) is 0 Å². The molecule has 0 bridgehead atoms.